The van der Waals surface area contributed by atoms with Gasteiger partial charge in [-0.3, -0.25) is 19.5 Å². The number of carbonyl (C=O) groups is 2. The van der Waals surface area contributed by atoms with Crippen LogP contribution in [0.5, 0.6) is 17.2 Å². The molecular formula is C25H23N3O5. The molecule has 0 radical (unpaired) electrons. The number of nitrogens with one attached hydrogen (secondary N) is 1. The largest absolute Gasteiger partial charge is 0.497 e. The van der Waals surface area contributed by atoms with Gasteiger partial charge in [-0.25, -0.2) is 0 Å². The van der Waals surface area contributed by atoms with Gasteiger partial charge in [0.1, 0.15) is 22.9 Å². The van der Waals surface area contributed by atoms with Gasteiger partial charge >= 0.3 is 0 Å². The molecule has 1 aromatic heterocycles. The molecule has 4 rings (SSSR count). The number of para-hydroxylation sites is 1. The van der Waals surface area contributed by atoms with Crippen LogP contribution in [0, 0.1) is 0 Å². The summed E-state index contributed by atoms with van der Waals surface area (Å²) >= 11 is 0. The molecule has 8 heteroatoms. The third-order valence-electron chi connectivity index (χ3n) is 5.21. The second-order valence-corrected chi connectivity index (χ2v) is 7.19. The number of amides is 2. The normalized spacial score (nSPS) is 13.4. The molecule has 168 valence electrons. The fraction of sp³-hybridized carbons (Fsp3) is 0.160. The van der Waals surface area contributed by atoms with Gasteiger partial charge in [0.15, 0.2) is 0 Å². The van der Waals surface area contributed by atoms with Crippen molar-refractivity contribution in [1.82, 2.24) is 9.88 Å². The van der Waals surface area contributed by atoms with Crippen LogP contribution in [0.4, 0.5) is 5.69 Å². The zero-order valence-electron chi connectivity index (χ0n) is 18.5. The van der Waals surface area contributed by atoms with E-state index in [0.717, 1.165) is 0 Å². The third kappa shape index (κ3) is 4.36. The van der Waals surface area contributed by atoms with Crippen LogP contribution in [0.1, 0.15) is 11.3 Å². The first kappa shape index (κ1) is 21.9. The minimum Gasteiger partial charge on any atom is -0.497 e. The quantitative estimate of drug-likeness (QED) is 0.531. The van der Waals surface area contributed by atoms with Gasteiger partial charge in [0.2, 0.25) is 0 Å². The van der Waals surface area contributed by atoms with E-state index in [2.05, 4.69) is 10.3 Å². The van der Waals surface area contributed by atoms with E-state index >= 15 is 0 Å². The van der Waals surface area contributed by atoms with Crippen LogP contribution >= 0.6 is 0 Å². The lowest BCUT2D eigenvalue weighted by Crippen LogP contribution is -2.32. The molecule has 2 heterocycles. The molecule has 0 spiro atoms. The monoisotopic (exact) mass is 445 g/mol. The summed E-state index contributed by atoms with van der Waals surface area (Å²) in [6.07, 6.45) is 1.62. The lowest BCUT2D eigenvalue weighted by atomic mass is 10.0. The second-order valence-electron chi connectivity index (χ2n) is 7.19. The van der Waals surface area contributed by atoms with Gasteiger partial charge in [-0.05, 0) is 18.2 Å². The highest BCUT2D eigenvalue weighted by Gasteiger charge is 2.40. The van der Waals surface area contributed by atoms with Gasteiger partial charge in [0.05, 0.1) is 39.1 Å². The Kier molecular flexibility index (Phi) is 6.26. The van der Waals surface area contributed by atoms with E-state index in [0.29, 0.717) is 34.2 Å². The van der Waals surface area contributed by atoms with Crippen molar-refractivity contribution in [1.29, 1.82) is 0 Å². The van der Waals surface area contributed by atoms with Crippen LogP contribution in [0.2, 0.25) is 0 Å². The molecule has 8 nitrogen and oxygen atoms in total. The molecule has 33 heavy (non-hydrogen) atoms. The van der Waals surface area contributed by atoms with Crippen molar-refractivity contribution in [3.63, 3.8) is 0 Å². The summed E-state index contributed by atoms with van der Waals surface area (Å²) < 4.78 is 16.1. The van der Waals surface area contributed by atoms with Crippen LogP contribution < -0.4 is 19.5 Å². The molecule has 0 unspecified atom stereocenters. The number of rotatable bonds is 8. The fourth-order valence-corrected chi connectivity index (χ4v) is 3.61. The fourth-order valence-electron chi connectivity index (χ4n) is 3.61. The van der Waals surface area contributed by atoms with Crippen LogP contribution in [0.15, 0.2) is 72.6 Å². The van der Waals surface area contributed by atoms with Gasteiger partial charge in [-0.15, -0.1) is 0 Å². The molecule has 0 bridgehead atoms. The van der Waals surface area contributed by atoms with Crippen molar-refractivity contribution in [3.8, 4) is 17.2 Å². The Morgan fingerprint density at radius 1 is 0.848 bits per heavy atom. The number of ether oxygens (including phenoxy) is 3. The Morgan fingerprint density at radius 2 is 1.55 bits per heavy atom. The first-order chi connectivity index (χ1) is 16.0. The summed E-state index contributed by atoms with van der Waals surface area (Å²) in [6.45, 7) is 0.0454. The third-order valence-corrected chi connectivity index (χ3v) is 5.21. The first-order valence-electron chi connectivity index (χ1n) is 10.2. The Morgan fingerprint density at radius 3 is 2.18 bits per heavy atom. The Bertz CT molecular complexity index is 1200. The van der Waals surface area contributed by atoms with Crippen LogP contribution in [-0.4, -0.2) is 43.0 Å². The Hall–Kier alpha value is -4.33. The number of aromatic nitrogens is 1. The van der Waals surface area contributed by atoms with E-state index in [9.17, 15) is 9.59 Å². The summed E-state index contributed by atoms with van der Waals surface area (Å²) in [4.78, 5) is 32.4. The average Bonchev–Trinajstić information content (AvgIpc) is 3.08. The maximum atomic E-state index is 13.5. The molecule has 2 amide bonds. The van der Waals surface area contributed by atoms with E-state index in [1.165, 1.54) is 26.2 Å². The number of anilines is 1. The van der Waals surface area contributed by atoms with Crippen molar-refractivity contribution in [3.05, 3.63) is 83.8 Å². The van der Waals surface area contributed by atoms with E-state index in [1.807, 2.05) is 6.07 Å². The van der Waals surface area contributed by atoms with E-state index in [-0.39, 0.29) is 17.8 Å². The van der Waals surface area contributed by atoms with Crippen LogP contribution in [-0.2, 0) is 16.1 Å². The maximum absolute atomic E-state index is 13.5. The molecule has 1 N–H and O–H groups in total. The number of nitrogens with zero attached hydrogens (tertiary/aromatic N) is 2. The van der Waals surface area contributed by atoms with E-state index in [4.69, 9.17) is 14.2 Å². The maximum Gasteiger partial charge on any atom is 0.278 e. The highest BCUT2D eigenvalue weighted by Crippen LogP contribution is 2.36. The summed E-state index contributed by atoms with van der Waals surface area (Å²) in [7, 11) is 4.60. The molecule has 0 atom stereocenters. The van der Waals surface area contributed by atoms with Crippen molar-refractivity contribution >= 4 is 23.1 Å². The van der Waals surface area contributed by atoms with Gasteiger partial charge in [0, 0.05) is 35.6 Å². The smallest absolute Gasteiger partial charge is 0.278 e. The number of carbonyl (C=O) groups excluding carboxylic acids is 2. The zero-order valence-corrected chi connectivity index (χ0v) is 18.5. The lowest BCUT2D eigenvalue weighted by Gasteiger charge is -2.15. The molecule has 0 saturated heterocycles. The highest BCUT2D eigenvalue weighted by atomic mass is 16.5. The molecular weight excluding hydrogens is 422 g/mol. The number of hydrogen-bond donors (Lipinski definition) is 1. The topological polar surface area (TPSA) is 90.0 Å². The summed E-state index contributed by atoms with van der Waals surface area (Å²) in [5.41, 5.74) is 2.00. The van der Waals surface area contributed by atoms with Crippen molar-refractivity contribution in [2.75, 3.05) is 26.6 Å². The van der Waals surface area contributed by atoms with Crippen molar-refractivity contribution < 1.29 is 23.8 Å². The van der Waals surface area contributed by atoms with Gasteiger partial charge in [-0.2, -0.15) is 0 Å². The summed E-state index contributed by atoms with van der Waals surface area (Å²) in [5.74, 6) is 0.661. The van der Waals surface area contributed by atoms with E-state index in [1.54, 1.807) is 60.8 Å². The minimum absolute atomic E-state index is 0.0454. The number of benzene rings is 2. The van der Waals surface area contributed by atoms with Gasteiger partial charge in [-0.1, -0.05) is 24.3 Å². The molecule has 1 aliphatic rings. The van der Waals surface area contributed by atoms with Crippen molar-refractivity contribution in [2.45, 2.75) is 6.54 Å². The number of pyridine rings is 1. The minimum atomic E-state index is -0.464. The number of methoxy groups -OCH3 is 3. The van der Waals surface area contributed by atoms with Gasteiger partial charge in [0.25, 0.3) is 11.8 Å². The Labute approximate surface area is 191 Å². The van der Waals surface area contributed by atoms with Crippen LogP contribution in [0.25, 0.3) is 5.57 Å². The standard InChI is InChI=1S/C25H23N3O5/c1-31-18-12-17(13-19(14-18)32-2)27-23-22(20-9-4-5-10-21(20)33-3)24(29)28(25(23)30)15-16-8-6-7-11-26-16/h4-14,27H,15H2,1-3H3. The number of hydrogen-bond acceptors (Lipinski definition) is 7. The molecule has 2 aromatic carbocycles. The molecule has 1 aliphatic heterocycles. The predicted molar refractivity (Wildman–Crippen MR) is 123 cm³/mol. The first-order valence-corrected chi connectivity index (χ1v) is 10.2. The van der Waals surface area contributed by atoms with Gasteiger partial charge < -0.3 is 19.5 Å². The molecule has 0 saturated carbocycles. The SMILES string of the molecule is COc1cc(NC2=C(c3ccccc3OC)C(=O)N(Cc3ccccn3)C2=O)cc(OC)c1. The zero-order chi connectivity index (χ0) is 23.4. The number of imide groups is 1. The summed E-state index contributed by atoms with van der Waals surface area (Å²) in [5, 5.41) is 3.12. The lowest BCUT2D eigenvalue weighted by molar-refractivity contribution is -0.137. The molecule has 0 aliphatic carbocycles. The van der Waals surface area contributed by atoms with Crippen LogP contribution in [0.3, 0.4) is 0 Å². The average molecular weight is 445 g/mol. The van der Waals surface area contributed by atoms with Crippen molar-refractivity contribution in [2.24, 2.45) is 0 Å². The highest BCUT2D eigenvalue weighted by molar-refractivity contribution is 6.36. The predicted octanol–water partition coefficient (Wildman–Crippen LogP) is 3.50. The second kappa shape index (κ2) is 9.44. The molecule has 3 aromatic rings. The summed E-state index contributed by atoms with van der Waals surface area (Å²) in [6, 6.07) is 17.6. The van der Waals surface area contributed by atoms with E-state index < -0.39 is 11.8 Å². The molecule has 0 fully saturated rings. The Balaban J connectivity index is 1.80.